The second-order valence-electron chi connectivity index (χ2n) is 10.2. The molecule has 2 aromatic heterocycles. The van der Waals surface area contributed by atoms with Gasteiger partial charge in [-0.1, -0.05) is 0 Å². The summed E-state index contributed by atoms with van der Waals surface area (Å²) in [5.74, 6) is 0.358. The second kappa shape index (κ2) is 10.9. The number of thiazole rings is 1. The van der Waals surface area contributed by atoms with E-state index in [2.05, 4.69) is 20.2 Å². The van der Waals surface area contributed by atoms with Gasteiger partial charge in [-0.25, -0.2) is 19.2 Å². The highest BCUT2D eigenvalue weighted by Crippen LogP contribution is 2.27. The number of rotatable bonds is 6. The van der Waals surface area contributed by atoms with Crippen molar-refractivity contribution < 1.29 is 23.1 Å². The highest BCUT2D eigenvalue weighted by atomic mass is 32.1. The molecule has 3 heterocycles. The lowest BCUT2D eigenvalue weighted by Crippen LogP contribution is -2.57. The van der Waals surface area contributed by atoms with Crippen molar-refractivity contribution in [3.8, 4) is 10.8 Å². The minimum absolute atomic E-state index is 0.00687. The molecule has 11 heteroatoms. The van der Waals surface area contributed by atoms with E-state index in [0.717, 1.165) is 5.69 Å². The first-order valence-corrected chi connectivity index (χ1v) is 13.1. The quantitative estimate of drug-likeness (QED) is 0.492. The van der Waals surface area contributed by atoms with Crippen LogP contribution < -0.4 is 10.2 Å². The fraction of sp³-hybridized carbons (Fsp3) is 0.462. The van der Waals surface area contributed by atoms with Crippen LogP contribution in [0.15, 0.2) is 40.3 Å². The lowest BCUT2D eigenvalue weighted by Gasteiger charge is -2.42. The Morgan fingerprint density at radius 1 is 1.24 bits per heavy atom. The molecule has 1 unspecified atom stereocenters. The third kappa shape index (κ3) is 6.85. The van der Waals surface area contributed by atoms with Gasteiger partial charge in [-0.2, -0.15) is 0 Å². The average molecular weight is 530 g/mol. The van der Waals surface area contributed by atoms with Gasteiger partial charge in [-0.15, -0.1) is 11.3 Å². The van der Waals surface area contributed by atoms with E-state index in [9.17, 15) is 14.0 Å². The number of carbonyl (C=O) groups is 2. The van der Waals surface area contributed by atoms with Crippen molar-refractivity contribution in [2.75, 3.05) is 24.5 Å². The Labute approximate surface area is 219 Å². The predicted molar refractivity (Wildman–Crippen MR) is 139 cm³/mol. The number of hydrogen-bond donors (Lipinski definition) is 1. The lowest BCUT2D eigenvalue weighted by molar-refractivity contribution is 0.0135. The molecule has 4 rings (SSSR count). The summed E-state index contributed by atoms with van der Waals surface area (Å²) in [6.45, 7) is 10.8. The molecule has 0 spiro atoms. The van der Waals surface area contributed by atoms with Gasteiger partial charge in [0.05, 0.1) is 12.2 Å². The Morgan fingerprint density at radius 3 is 2.65 bits per heavy atom. The van der Waals surface area contributed by atoms with E-state index in [1.807, 2.05) is 34.6 Å². The molecular weight excluding hydrogens is 497 g/mol. The van der Waals surface area contributed by atoms with E-state index in [1.54, 1.807) is 28.6 Å². The number of nitrogens with one attached hydrogen (secondary N) is 1. The van der Waals surface area contributed by atoms with Gasteiger partial charge in [-0.3, -0.25) is 4.79 Å². The third-order valence-electron chi connectivity index (χ3n) is 5.63. The number of piperazine rings is 1. The van der Waals surface area contributed by atoms with Gasteiger partial charge >= 0.3 is 6.09 Å². The second-order valence-corrected chi connectivity index (χ2v) is 11.1. The lowest BCUT2D eigenvalue weighted by atomic mass is 10.1. The number of nitrogens with zero attached hydrogens (tertiary/aromatic N) is 4. The van der Waals surface area contributed by atoms with Gasteiger partial charge in [0.1, 0.15) is 17.1 Å². The highest BCUT2D eigenvalue weighted by molar-refractivity contribution is 7.13. The van der Waals surface area contributed by atoms with Crippen LogP contribution in [-0.2, 0) is 11.2 Å². The number of oxazole rings is 1. The molecule has 3 aromatic rings. The Bertz CT molecular complexity index is 1230. The third-order valence-corrected chi connectivity index (χ3v) is 6.49. The van der Waals surface area contributed by atoms with Crippen molar-refractivity contribution in [1.29, 1.82) is 0 Å². The topological polar surface area (TPSA) is 101 Å². The molecule has 0 aliphatic carbocycles. The van der Waals surface area contributed by atoms with Crippen LogP contribution in [0.2, 0.25) is 0 Å². The van der Waals surface area contributed by atoms with E-state index < -0.39 is 11.7 Å². The fourth-order valence-corrected chi connectivity index (χ4v) is 4.75. The van der Waals surface area contributed by atoms with E-state index in [-0.39, 0.29) is 23.8 Å². The molecule has 2 amide bonds. The molecule has 1 aliphatic heterocycles. The van der Waals surface area contributed by atoms with E-state index in [0.29, 0.717) is 48.4 Å². The number of anilines is 1. The summed E-state index contributed by atoms with van der Waals surface area (Å²) in [5.41, 5.74) is 0.569. The molecule has 0 bridgehead atoms. The van der Waals surface area contributed by atoms with Gasteiger partial charge in [0.15, 0.2) is 16.7 Å². The summed E-state index contributed by atoms with van der Waals surface area (Å²) in [7, 11) is 0. The summed E-state index contributed by atoms with van der Waals surface area (Å²) >= 11 is 1.30. The van der Waals surface area contributed by atoms with Gasteiger partial charge in [-0.05, 0) is 58.9 Å². The summed E-state index contributed by atoms with van der Waals surface area (Å²) < 4.78 is 25.1. The predicted octanol–water partition coefficient (Wildman–Crippen LogP) is 4.74. The minimum Gasteiger partial charge on any atom is -0.444 e. The first-order valence-electron chi connectivity index (χ1n) is 12.2. The zero-order valence-corrected chi connectivity index (χ0v) is 22.5. The van der Waals surface area contributed by atoms with Crippen LogP contribution in [-0.4, -0.2) is 64.2 Å². The zero-order valence-electron chi connectivity index (χ0n) is 21.7. The van der Waals surface area contributed by atoms with Crippen LogP contribution >= 0.6 is 11.3 Å². The maximum Gasteiger partial charge on any atom is 0.410 e. The van der Waals surface area contributed by atoms with Gasteiger partial charge in [0, 0.05) is 43.2 Å². The highest BCUT2D eigenvalue weighted by Gasteiger charge is 2.34. The molecule has 198 valence electrons. The van der Waals surface area contributed by atoms with Gasteiger partial charge in [0.2, 0.25) is 0 Å². The number of benzene rings is 1. The summed E-state index contributed by atoms with van der Waals surface area (Å²) in [5, 5.41) is 5.05. The van der Waals surface area contributed by atoms with E-state index >= 15 is 0 Å². The molecule has 1 aliphatic rings. The zero-order chi connectivity index (χ0) is 26.7. The van der Waals surface area contributed by atoms with Crippen molar-refractivity contribution in [3.63, 3.8) is 0 Å². The first kappa shape index (κ1) is 26.6. The van der Waals surface area contributed by atoms with Crippen LogP contribution in [0.25, 0.3) is 10.8 Å². The van der Waals surface area contributed by atoms with Crippen LogP contribution in [0.5, 0.6) is 0 Å². The van der Waals surface area contributed by atoms with Crippen molar-refractivity contribution in [2.45, 2.75) is 58.7 Å². The molecule has 0 radical (unpaired) electrons. The number of amides is 2. The molecule has 37 heavy (non-hydrogen) atoms. The summed E-state index contributed by atoms with van der Waals surface area (Å²) in [6, 6.07) is 6.03. The number of aromatic nitrogens is 2. The summed E-state index contributed by atoms with van der Waals surface area (Å²) in [6.07, 6.45) is 1.53. The Hall–Kier alpha value is -3.47. The largest absolute Gasteiger partial charge is 0.444 e. The first-order chi connectivity index (χ1) is 17.5. The Balaban J connectivity index is 1.52. The number of carbonyl (C=O) groups excluding carboxylic acids is 2. The van der Waals surface area contributed by atoms with E-state index in [1.165, 1.54) is 23.5 Å². The molecule has 1 N–H and O–H groups in total. The monoisotopic (exact) mass is 529 g/mol. The van der Waals surface area contributed by atoms with Crippen molar-refractivity contribution in [2.24, 2.45) is 0 Å². The molecule has 0 saturated carbocycles. The normalized spacial score (nSPS) is 16.2. The minimum atomic E-state index is -0.629. The molecule has 1 aromatic carbocycles. The molecule has 9 nitrogen and oxygen atoms in total. The SMILES string of the molecule is CC(C)NC(=O)c1csc(-c2cnc(CC3CN(c4ccc(F)cc4)CCN3C(=O)OC(C)(C)C)o2)n1. The van der Waals surface area contributed by atoms with Gasteiger partial charge in [0.25, 0.3) is 5.91 Å². The van der Waals surface area contributed by atoms with Crippen molar-refractivity contribution in [1.82, 2.24) is 20.2 Å². The van der Waals surface area contributed by atoms with Crippen LogP contribution in [0, 0.1) is 5.82 Å². The average Bonchev–Trinajstić information content (AvgIpc) is 3.48. The number of ether oxygens (including phenoxy) is 1. The fourth-order valence-electron chi connectivity index (χ4n) is 4.01. The van der Waals surface area contributed by atoms with Crippen LogP contribution in [0.3, 0.4) is 0 Å². The van der Waals surface area contributed by atoms with Gasteiger partial charge < -0.3 is 24.3 Å². The smallest absolute Gasteiger partial charge is 0.410 e. The maximum absolute atomic E-state index is 13.5. The molecule has 1 fully saturated rings. The standard InChI is InChI=1S/C26H32FN5O4S/c1-16(2)29-23(33)20-15-37-24(30-20)21-13-28-22(35-21)12-19-14-31(18-8-6-17(27)7-9-18)10-11-32(19)25(34)36-26(3,4)5/h6-9,13,15-16,19H,10-12,14H2,1-5H3,(H,29,33). The Morgan fingerprint density at radius 2 is 1.97 bits per heavy atom. The number of halogens is 1. The van der Waals surface area contributed by atoms with Crippen molar-refractivity contribution >= 4 is 29.0 Å². The van der Waals surface area contributed by atoms with Crippen LogP contribution in [0.1, 0.15) is 51.0 Å². The summed E-state index contributed by atoms with van der Waals surface area (Å²) in [4.78, 5) is 37.9. The van der Waals surface area contributed by atoms with E-state index in [4.69, 9.17) is 9.15 Å². The Kier molecular flexibility index (Phi) is 7.82. The van der Waals surface area contributed by atoms with Crippen LogP contribution in [0.4, 0.5) is 14.9 Å². The molecular formula is C26H32FN5O4S. The van der Waals surface area contributed by atoms with Crippen molar-refractivity contribution in [3.05, 3.63) is 53.2 Å². The number of hydrogen-bond acceptors (Lipinski definition) is 8. The molecule has 1 saturated heterocycles. The molecule has 1 atom stereocenters. The maximum atomic E-state index is 13.5.